The van der Waals surface area contributed by atoms with Crippen molar-refractivity contribution in [3.8, 4) is 0 Å². The molecule has 1 aromatic heterocycles. The summed E-state index contributed by atoms with van der Waals surface area (Å²) in [6.45, 7) is -0.721. The van der Waals surface area contributed by atoms with Crippen molar-refractivity contribution in [3.05, 3.63) is 54.0 Å². The van der Waals surface area contributed by atoms with E-state index in [1.165, 1.54) is 30.2 Å². The molecule has 10 heteroatoms. The van der Waals surface area contributed by atoms with Crippen LogP contribution in [-0.2, 0) is 14.3 Å². The predicted octanol–water partition coefficient (Wildman–Crippen LogP) is 2.59. The van der Waals surface area contributed by atoms with Crippen LogP contribution in [-0.4, -0.2) is 42.4 Å². The molecule has 2 aromatic rings. The Kier molecular flexibility index (Phi) is 8.00. The highest BCUT2D eigenvalue weighted by atomic mass is 32.2. The van der Waals surface area contributed by atoms with E-state index in [0.29, 0.717) is 5.75 Å². The van der Waals surface area contributed by atoms with Crippen molar-refractivity contribution in [2.75, 3.05) is 23.9 Å². The number of hydrogen-bond acceptors (Lipinski definition) is 6. The molecule has 0 aliphatic carbocycles. The number of thioether (sulfide) groups is 1. The Hall–Kier alpha value is -2.88. The van der Waals surface area contributed by atoms with Crippen LogP contribution in [0.25, 0.3) is 0 Å². The average Bonchev–Trinajstić information content (AvgIpc) is 3.21. The van der Waals surface area contributed by atoms with Gasteiger partial charge in [0.25, 0.3) is 11.8 Å². The van der Waals surface area contributed by atoms with E-state index in [9.17, 15) is 23.2 Å². The highest BCUT2D eigenvalue weighted by Gasteiger charge is 2.24. The van der Waals surface area contributed by atoms with Crippen LogP contribution in [0.4, 0.5) is 14.5 Å². The first-order valence-corrected chi connectivity index (χ1v) is 9.55. The van der Waals surface area contributed by atoms with Gasteiger partial charge in [-0.3, -0.25) is 9.59 Å². The number of nitrogens with one attached hydrogen (secondary N) is 2. The molecule has 1 heterocycles. The largest absolute Gasteiger partial charge is 0.459 e. The van der Waals surface area contributed by atoms with Gasteiger partial charge in [-0.1, -0.05) is 0 Å². The lowest BCUT2D eigenvalue weighted by molar-refractivity contribution is -0.149. The maximum Gasteiger partial charge on any atom is 0.329 e. The molecular weight excluding hydrogens is 394 g/mol. The second-order valence-corrected chi connectivity index (χ2v) is 6.55. The zero-order valence-electron chi connectivity index (χ0n) is 14.9. The molecule has 0 saturated heterocycles. The first kappa shape index (κ1) is 21.4. The number of halogens is 2. The van der Waals surface area contributed by atoms with E-state index < -0.39 is 42.1 Å². The lowest BCUT2D eigenvalue weighted by Crippen LogP contribution is -2.43. The summed E-state index contributed by atoms with van der Waals surface area (Å²) in [5.41, 5.74) is -0.369. The van der Waals surface area contributed by atoms with Crippen LogP contribution >= 0.6 is 11.8 Å². The second-order valence-electron chi connectivity index (χ2n) is 5.56. The smallest absolute Gasteiger partial charge is 0.329 e. The predicted molar refractivity (Wildman–Crippen MR) is 98.9 cm³/mol. The van der Waals surface area contributed by atoms with Gasteiger partial charge in [-0.2, -0.15) is 11.8 Å². The van der Waals surface area contributed by atoms with E-state index in [2.05, 4.69) is 10.6 Å². The third-order valence-electron chi connectivity index (χ3n) is 3.49. The van der Waals surface area contributed by atoms with Gasteiger partial charge in [-0.15, -0.1) is 0 Å². The highest BCUT2D eigenvalue weighted by molar-refractivity contribution is 7.98. The van der Waals surface area contributed by atoms with Gasteiger partial charge >= 0.3 is 5.97 Å². The monoisotopic (exact) mass is 412 g/mol. The number of esters is 1. The summed E-state index contributed by atoms with van der Waals surface area (Å²) in [5, 5.41) is 4.60. The summed E-state index contributed by atoms with van der Waals surface area (Å²) < 4.78 is 36.5. The maximum atomic E-state index is 13.5. The Labute approximate surface area is 163 Å². The molecule has 2 N–H and O–H groups in total. The quantitative estimate of drug-likeness (QED) is 0.615. The summed E-state index contributed by atoms with van der Waals surface area (Å²) in [6, 6.07) is 4.54. The van der Waals surface area contributed by atoms with E-state index in [1.54, 1.807) is 0 Å². The third-order valence-corrected chi connectivity index (χ3v) is 4.14. The lowest BCUT2D eigenvalue weighted by atomic mass is 10.2. The number of benzene rings is 1. The van der Waals surface area contributed by atoms with Crippen molar-refractivity contribution in [2.45, 2.75) is 12.5 Å². The van der Waals surface area contributed by atoms with Crippen molar-refractivity contribution in [1.29, 1.82) is 0 Å². The van der Waals surface area contributed by atoms with Crippen LogP contribution in [0.2, 0.25) is 0 Å². The Morgan fingerprint density at radius 3 is 2.71 bits per heavy atom. The maximum absolute atomic E-state index is 13.5. The Morgan fingerprint density at radius 1 is 1.25 bits per heavy atom. The number of anilines is 1. The summed E-state index contributed by atoms with van der Waals surface area (Å²) in [7, 11) is 0. The van der Waals surface area contributed by atoms with Gasteiger partial charge in [-0.25, -0.2) is 13.6 Å². The minimum atomic E-state index is -0.997. The average molecular weight is 412 g/mol. The van der Waals surface area contributed by atoms with Crippen LogP contribution in [0.5, 0.6) is 0 Å². The highest BCUT2D eigenvalue weighted by Crippen LogP contribution is 2.15. The Balaban J connectivity index is 1.91. The number of ether oxygens (including phenoxy) is 1. The number of hydrogen-bond donors (Lipinski definition) is 2. The van der Waals surface area contributed by atoms with Gasteiger partial charge in [0.2, 0.25) is 0 Å². The molecule has 0 aliphatic heterocycles. The molecule has 2 amide bonds. The number of rotatable bonds is 9. The van der Waals surface area contributed by atoms with Gasteiger partial charge in [0.15, 0.2) is 12.4 Å². The zero-order valence-corrected chi connectivity index (χ0v) is 15.7. The second kappa shape index (κ2) is 10.5. The molecule has 2 rings (SSSR count). The Bertz CT molecular complexity index is 829. The summed E-state index contributed by atoms with van der Waals surface area (Å²) in [4.78, 5) is 36.1. The van der Waals surface area contributed by atoms with Crippen LogP contribution in [0.1, 0.15) is 17.0 Å². The minimum Gasteiger partial charge on any atom is -0.459 e. The van der Waals surface area contributed by atoms with Crippen LogP contribution in [0.3, 0.4) is 0 Å². The fourth-order valence-electron chi connectivity index (χ4n) is 2.14. The van der Waals surface area contributed by atoms with Crippen LogP contribution in [0, 0.1) is 11.6 Å². The third kappa shape index (κ3) is 6.38. The van der Waals surface area contributed by atoms with E-state index in [1.807, 2.05) is 6.26 Å². The number of carbonyl (C=O) groups excluding carboxylic acids is 3. The molecular formula is C18H18F2N2O5S. The summed E-state index contributed by atoms with van der Waals surface area (Å²) >= 11 is 1.46. The molecule has 0 bridgehead atoms. The first-order valence-electron chi connectivity index (χ1n) is 8.15. The molecule has 0 aliphatic rings. The zero-order chi connectivity index (χ0) is 20.5. The minimum absolute atomic E-state index is 0.0290. The van der Waals surface area contributed by atoms with Gasteiger partial charge in [0, 0.05) is 6.07 Å². The van der Waals surface area contributed by atoms with Crippen LogP contribution in [0.15, 0.2) is 41.0 Å². The summed E-state index contributed by atoms with van der Waals surface area (Å²) in [5.74, 6) is -3.25. The number of amides is 2. The van der Waals surface area contributed by atoms with Gasteiger partial charge < -0.3 is 19.8 Å². The molecule has 0 saturated carbocycles. The van der Waals surface area contributed by atoms with Crippen LogP contribution < -0.4 is 10.6 Å². The first-order chi connectivity index (χ1) is 13.4. The fraction of sp³-hybridized carbons (Fsp3) is 0.278. The SMILES string of the molecule is CSCC[C@@H](NC(=O)c1ccco1)C(=O)OCC(=O)Nc1cc(F)ccc1F. The molecule has 0 fully saturated rings. The van der Waals surface area contributed by atoms with Crippen molar-refractivity contribution in [2.24, 2.45) is 0 Å². The van der Waals surface area contributed by atoms with Gasteiger partial charge in [0.05, 0.1) is 12.0 Å². The van der Waals surface area contributed by atoms with Crippen molar-refractivity contribution in [3.63, 3.8) is 0 Å². The molecule has 0 spiro atoms. The molecule has 150 valence electrons. The molecule has 0 unspecified atom stereocenters. The topological polar surface area (TPSA) is 97.6 Å². The molecule has 0 radical (unpaired) electrons. The van der Waals surface area contributed by atoms with E-state index in [-0.39, 0.29) is 17.9 Å². The summed E-state index contributed by atoms with van der Waals surface area (Å²) in [6.07, 6.45) is 3.42. The van der Waals surface area contributed by atoms with Gasteiger partial charge in [0.1, 0.15) is 17.7 Å². The Morgan fingerprint density at radius 2 is 2.04 bits per heavy atom. The molecule has 1 atom stereocenters. The van der Waals surface area contributed by atoms with E-state index in [4.69, 9.17) is 9.15 Å². The van der Waals surface area contributed by atoms with Crippen molar-refractivity contribution >= 4 is 35.2 Å². The fourth-order valence-corrected chi connectivity index (χ4v) is 2.61. The van der Waals surface area contributed by atoms with Crippen molar-refractivity contribution in [1.82, 2.24) is 5.32 Å². The molecule has 7 nitrogen and oxygen atoms in total. The van der Waals surface area contributed by atoms with E-state index in [0.717, 1.165) is 18.2 Å². The standard InChI is InChI=1S/C18H18F2N2O5S/c1-28-8-6-13(22-17(24)15-3-2-7-26-15)18(25)27-10-16(23)21-14-9-11(19)4-5-12(14)20/h2-5,7,9,13H,6,8,10H2,1H3,(H,21,23)(H,22,24)/t13-/m1/s1. The molecule has 28 heavy (non-hydrogen) atoms. The lowest BCUT2D eigenvalue weighted by Gasteiger charge is -2.16. The molecule has 1 aromatic carbocycles. The number of furan rings is 1. The van der Waals surface area contributed by atoms with Gasteiger partial charge in [-0.05, 0) is 42.7 Å². The normalized spacial score (nSPS) is 11.5. The van der Waals surface area contributed by atoms with Crippen molar-refractivity contribution < 1.29 is 32.3 Å². The number of carbonyl (C=O) groups is 3. The van der Waals surface area contributed by atoms with E-state index >= 15 is 0 Å².